The van der Waals surface area contributed by atoms with Crippen LogP contribution in [-0.2, 0) is 10.4 Å². The summed E-state index contributed by atoms with van der Waals surface area (Å²) in [7, 11) is 0. The van der Waals surface area contributed by atoms with Gasteiger partial charge in [-0.2, -0.15) is 0 Å². The molecule has 0 bridgehead atoms. The lowest BCUT2D eigenvalue weighted by atomic mass is 9.90. The number of morpholine rings is 1. The summed E-state index contributed by atoms with van der Waals surface area (Å²) in [6.07, 6.45) is 0.411. The van der Waals surface area contributed by atoms with E-state index in [-0.39, 0.29) is 12.1 Å². The van der Waals surface area contributed by atoms with E-state index >= 15 is 4.39 Å². The van der Waals surface area contributed by atoms with E-state index in [1.54, 1.807) is 13.0 Å². The van der Waals surface area contributed by atoms with Crippen LogP contribution < -0.4 is 10.1 Å². The Bertz CT molecular complexity index is 428. The molecule has 1 heterocycles. The first-order valence-corrected chi connectivity index (χ1v) is 7.25. The molecule has 1 fully saturated rings. The number of hydrogen-bond acceptors (Lipinski definition) is 3. The Labute approximate surface area is 120 Å². The first-order chi connectivity index (χ1) is 9.49. The number of rotatable bonds is 5. The van der Waals surface area contributed by atoms with Gasteiger partial charge in [0.05, 0.1) is 19.3 Å². The summed E-state index contributed by atoms with van der Waals surface area (Å²) in [6, 6.07) is 7.41. The fourth-order valence-corrected chi connectivity index (χ4v) is 2.58. The third kappa shape index (κ3) is 3.93. The van der Waals surface area contributed by atoms with Gasteiger partial charge in [0.1, 0.15) is 11.4 Å². The molecule has 0 aliphatic carbocycles. The predicted octanol–water partition coefficient (Wildman–Crippen LogP) is 3.04. The molecule has 2 unspecified atom stereocenters. The summed E-state index contributed by atoms with van der Waals surface area (Å²) >= 11 is 0. The summed E-state index contributed by atoms with van der Waals surface area (Å²) < 4.78 is 26.3. The largest absolute Gasteiger partial charge is 0.491 e. The van der Waals surface area contributed by atoms with Gasteiger partial charge in [0.15, 0.2) is 0 Å². The number of benzene rings is 1. The minimum atomic E-state index is -1.44. The van der Waals surface area contributed by atoms with Crippen molar-refractivity contribution in [3.8, 4) is 5.75 Å². The van der Waals surface area contributed by atoms with Crippen molar-refractivity contribution in [3.05, 3.63) is 29.8 Å². The van der Waals surface area contributed by atoms with Crippen LogP contribution in [0.5, 0.6) is 5.75 Å². The number of alkyl halides is 1. The summed E-state index contributed by atoms with van der Waals surface area (Å²) in [5, 5.41) is 3.30. The fourth-order valence-electron chi connectivity index (χ4n) is 2.58. The zero-order valence-electron chi connectivity index (χ0n) is 12.5. The lowest BCUT2D eigenvalue weighted by molar-refractivity contribution is 0.0463. The second kappa shape index (κ2) is 6.55. The van der Waals surface area contributed by atoms with Crippen molar-refractivity contribution in [3.63, 3.8) is 0 Å². The van der Waals surface area contributed by atoms with Crippen molar-refractivity contribution < 1.29 is 13.9 Å². The topological polar surface area (TPSA) is 30.5 Å². The molecule has 1 saturated heterocycles. The SMILES string of the molecule is CC(C)Oc1ccccc1C(C)(F)CC1COCCN1. The Balaban J connectivity index is 2.15. The van der Waals surface area contributed by atoms with Gasteiger partial charge < -0.3 is 14.8 Å². The number of nitrogens with one attached hydrogen (secondary N) is 1. The highest BCUT2D eigenvalue weighted by atomic mass is 19.1. The van der Waals surface area contributed by atoms with E-state index < -0.39 is 5.67 Å². The zero-order valence-corrected chi connectivity index (χ0v) is 12.5. The minimum Gasteiger partial charge on any atom is -0.491 e. The number of halogens is 1. The smallest absolute Gasteiger partial charge is 0.138 e. The molecule has 1 aromatic rings. The third-order valence-electron chi connectivity index (χ3n) is 3.44. The lowest BCUT2D eigenvalue weighted by Gasteiger charge is -2.31. The molecule has 3 nitrogen and oxygen atoms in total. The van der Waals surface area contributed by atoms with Crippen LogP contribution in [0.15, 0.2) is 24.3 Å². The molecule has 2 rings (SSSR count). The van der Waals surface area contributed by atoms with Crippen molar-refractivity contribution in [2.75, 3.05) is 19.8 Å². The minimum absolute atomic E-state index is 0.0306. The summed E-state index contributed by atoms with van der Waals surface area (Å²) in [6.45, 7) is 7.56. The molecule has 0 radical (unpaired) electrons. The molecule has 1 aliphatic rings. The van der Waals surface area contributed by atoms with Crippen LogP contribution in [0.25, 0.3) is 0 Å². The van der Waals surface area contributed by atoms with Crippen molar-refractivity contribution >= 4 is 0 Å². The van der Waals surface area contributed by atoms with Crippen LogP contribution in [0.2, 0.25) is 0 Å². The molecular formula is C16H24FNO2. The van der Waals surface area contributed by atoms with Crippen LogP contribution in [0.1, 0.15) is 32.8 Å². The van der Waals surface area contributed by atoms with Gasteiger partial charge >= 0.3 is 0 Å². The standard InChI is InChI=1S/C16H24FNO2/c1-12(2)20-15-7-5-4-6-14(15)16(3,17)10-13-11-19-9-8-18-13/h4-7,12-13,18H,8-11H2,1-3H3. The molecule has 0 amide bonds. The van der Waals surface area contributed by atoms with Gasteiger partial charge in [-0.15, -0.1) is 0 Å². The number of hydrogen-bond donors (Lipinski definition) is 1. The molecule has 0 spiro atoms. The Morgan fingerprint density at radius 2 is 2.20 bits per heavy atom. The molecule has 0 saturated carbocycles. The van der Waals surface area contributed by atoms with E-state index in [1.807, 2.05) is 32.0 Å². The molecule has 112 valence electrons. The summed E-state index contributed by atoms with van der Waals surface area (Å²) in [5.41, 5.74) is -0.829. The van der Waals surface area contributed by atoms with E-state index in [9.17, 15) is 0 Å². The van der Waals surface area contributed by atoms with Gasteiger partial charge in [-0.25, -0.2) is 4.39 Å². The number of ether oxygens (including phenoxy) is 2. The highest BCUT2D eigenvalue weighted by molar-refractivity contribution is 5.38. The molecule has 1 aromatic carbocycles. The number of para-hydroxylation sites is 1. The molecule has 20 heavy (non-hydrogen) atoms. The lowest BCUT2D eigenvalue weighted by Crippen LogP contribution is -2.44. The van der Waals surface area contributed by atoms with E-state index in [0.717, 1.165) is 6.54 Å². The van der Waals surface area contributed by atoms with Gasteiger partial charge in [-0.1, -0.05) is 18.2 Å². The van der Waals surface area contributed by atoms with Gasteiger partial charge in [0.25, 0.3) is 0 Å². The molecule has 1 N–H and O–H groups in total. The van der Waals surface area contributed by atoms with E-state index in [4.69, 9.17) is 9.47 Å². The summed E-state index contributed by atoms with van der Waals surface area (Å²) in [4.78, 5) is 0. The first kappa shape index (κ1) is 15.3. The maximum absolute atomic E-state index is 15.1. The second-order valence-electron chi connectivity index (χ2n) is 5.79. The average Bonchev–Trinajstić information content (AvgIpc) is 2.39. The van der Waals surface area contributed by atoms with Gasteiger partial charge in [0.2, 0.25) is 0 Å². The van der Waals surface area contributed by atoms with Crippen LogP contribution >= 0.6 is 0 Å². The van der Waals surface area contributed by atoms with Gasteiger partial charge in [0, 0.05) is 24.6 Å². The second-order valence-corrected chi connectivity index (χ2v) is 5.79. The van der Waals surface area contributed by atoms with Crippen molar-refractivity contribution in [1.29, 1.82) is 0 Å². The van der Waals surface area contributed by atoms with E-state index in [1.165, 1.54) is 0 Å². The van der Waals surface area contributed by atoms with Crippen LogP contribution in [0.4, 0.5) is 4.39 Å². The van der Waals surface area contributed by atoms with Crippen LogP contribution in [0, 0.1) is 0 Å². The zero-order chi connectivity index (χ0) is 14.6. The monoisotopic (exact) mass is 281 g/mol. The molecule has 4 heteroatoms. The quantitative estimate of drug-likeness (QED) is 0.900. The Morgan fingerprint density at radius 3 is 2.85 bits per heavy atom. The average molecular weight is 281 g/mol. The first-order valence-electron chi connectivity index (χ1n) is 7.25. The Morgan fingerprint density at radius 1 is 1.45 bits per heavy atom. The van der Waals surface area contributed by atoms with Crippen molar-refractivity contribution in [2.45, 2.75) is 45.0 Å². The maximum Gasteiger partial charge on any atom is 0.138 e. The van der Waals surface area contributed by atoms with E-state index in [2.05, 4.69) is 5.32 Å². The van der Waals surface area contributed by atoms with Crippen molar-refractivity contribution in [1.82, 2.24) is 5.32 Å². The van der Waals surface area contributed by atoms with E-state index in [0.29, 0.717) is 30.9 Å². The normalized spacial score (nSPS) is 22.6. The molecule has 1 aliphatic heterocycles. The molecule has 0 aromatic heterocycles. The fraction of sp³-hybridized carbons (Fsp3) is 0.625. The maximum atomic E-state index is 15.1. The van der Waals surface area contributed by atoms with Gasteiger partial charge in [-0.3, -0.25) is 0 Å². The third-order valence-corrected chi connectivity index (χ3v) is 3.44. The molecule has 2 atom stereocenters. The predicted molar refractivity (Wildman–Crippen MR) is 77.9 cm³/mol. The Hall–Kier alpha value is -1.13. The Kier molecular flexibility index (Phi) is 5.00. The highest BCUT2D eigenvalue weighted by Crippen LogP contribution is 2.37. The summed E-state index contributed by atoms with van der Waals surface area (Å²) in [5.74, 6) is 0.629. The highest BCUT2D eigenvalue weighted by Gasteiger charge is 2.33. The van der Waals surface area contributed by atoms with Crippen LogP contribution in [0.3, 0.4) is 0 Å². The van der Waals surface area contributed by atoms with Crippen molar-refractivity contribution in [2.24, 2.45) is 0 Å². The van der Waals surface area contributed by atoms with Crippen LogP contribution in [-0.4, -0.2) is 31.9 Å². The van der Waals surface area contributed by atoms with Gasteiger partial charge in [-0.05, 0) is 26.8 Å². The molecular weight excluding hydrogens is 257 g/mol.